The topological polar surface area (TPSA) is 0 Å². The first-order valence-electron chi connectivity index (χ1n) is 5.30. The van der Waals surface area contributed by atoms with Crippen molar-refractivity contribution in [2.24, 2.45) is 0 Å². The van der Waals surface area contributed by atoms with E-state index in [9.17, 15) is 8.78 Å². The van der Waals surface area contributed by atoms with Crippen molar-refractivity contribution in [1.82, 2.24) is 0 Å². The summed E-state index contributed by atoms with van der Waals surface area (Å²) in [6.07, 6.45) is 0. The molecule has 0 heterocycles. The van der Waals surface area contributed by atoms with Crippen molar-refractivity contribution in [1.29, 1.82) is 0 Å². The number of hydrogen-bond acceptors (Lipinski definition) is 0. The second-order valence-corrected chi connectivity index (χ2v) is 3.94. The second kappa shape index (κ2) is 4.50. The molecule has 2 aromatic carbocycles. The molecule has 0 aliphatic carbocycles. The maximum absolute atomic E-state index is 13.6. The van der Waals surface area contributed by atoms with Crippen LogP contribution in [0.4, 0.5) is 8.78 Å². The third kappa shape index (κ3) is 2.26. The first kappa shape index (κ1) is 11.5. The molecular formula is C15H12F2. The summed E-state index contributed by atoms with van der Waals surface area (Å²) in [5.74, 6) is -1.17. The van der Waals surface area contributed by atoms with Crippen LogP contribution >= 0.6 is 0 Å². The highest BCUT2D eigenvalue weighted by Gasteiger charge is 2.12. The van der Waals surface area contributed by atoms with Gasteiger partial charge in [-0.2, -0.15) is 0 Å². The Labute approximate surface area is 99.2 Å². The third-order valence-corrected chi connectivity index (χ3v) is 2.66. The number of halogens is 2. The molecule has 0 spiro atoms. The monoisotopic (exact) mass is 230 g/mol. The highest BCUT2D eigenvalue weighted by molar-refractivity contribution is 5.78. The number of aryl methyl sites for hydroxylation is 1. The average molecular weight is 230 g/mol. The van der Waals surface area contributed by atoms with Gasteiger partial charge in [-0.1, -0.05) is 42.5 Å². The quantitative estimate of drug-likeness (QED) is 0.720. The first-order valence-corrected chi connectivity index (χ1v) is 5.30. The summed E-state index contributed by atoms with van der Waals surface area (Å²) in [7, 11) is 0. The highest BCUT2D eigenvalue weighted by Crippen LogP contribution is 2.26. The lowest BCUT2D eigenvalue weighted by Gasteiger charge is -2.09. The standard InChI is InChI=1S/C15H12F2/c1-10-6-8-12(9-7-10)11(2)15-13(16)4-3-5-14(15)17/h3-9H,2H2,1H3. The molecule has 0 N–H and O–H groups in total. The van der Waals surface area contributed by atoms with Gasteiger partial charge in [-0.05, 0) is 30.2 Å². The van der Waals surface area contributed by atoms with Crippen LogP contribution < -0.4 is 0 Å². The van der Waals surface area contributed by atoms with E-state index in [-0.39, 0.29) is 5.56 Å². The Morgan fingerprint density at radius 2 is 1.47 bits per heavy atom. The van der Waals surface area contributed by atoms with Gasteiger partial charge in [0.25, 0.3) is 0 Å². The Kier molecular flexibility index (Phi) is 3.05. The third-order valence-electron chi connectivity index (χ3n) is 2.66. The van der Waals surface area contributed by atoms with E-state index in [0.29, 0.717) is 5.57 Å². The van der Waals surface area contributed by atoms with E-state index in [1.54, 1.807) is 0 Å². The number of benzene rings is 2. The van der Waals surface area contributed by atoms with Crippen LogP contribution in [0.25, 0.3) is 5.57 Å². The van der Waals surface area contributed by atoms with Gasteiger partial charge in [0.2, 0.25) is 0 Å². The van der Waals surface area contributed by atoms with Gasteiger partial charge in [0, 0.05) is 0 Å². The lowest BCUT2D eigenvalue weighted by atomic mass is 9.98. The molecule has 0 fully saturated rings. The molecule has 0 radical (unpaired) electrons. The molecule has 0 saturated heterocycles. The van der Waals surface area contributed by atoms with Gasteiger partial charge < -0.3 is 0 Å². The lowest BCUT2D eigenvalue weighted by molar-refractivity contribution is 0.577. The Hall–Kier alpha value is -1.96. The zero-order chi connectivity index (χ0) is 12.4. The molecule has 0 bridgehead atoms. The van der Waals surface area contributed by atoms with Gasteiger partial charge in [-0.3, -0.25) is 0 Å². The molecule has 86 valence electrons. The average Bonchev–Trinajstić information content (AvgIpc) is 2.29. The lowest BCUT2D eigenvalue weighted by Crippen LogP contribution is -1.95. The van der Waals surface area contributed by atoms with Crippen LogP contribution in [0.3, 0.4) is 0 Å². The minimum Gasteiger partial charge on any atom is -0.206 e. The van der Waals surface area contributed by atoms with Crippen molar-refractivity contribution < 1.29 is 8.78 Å². The predicted octanol–water partition coefficient (Wildman–Crippen LogP) is 4.33. The molecule has 0 aliphatic rings. The van der Waals surface area contributed by atoms with Gasteiger partial charge in [-0.25, -0.2) is 8.78 Å². The van der Waals surface area contributed by atoms with Crippen molar-refractivity contribution in [3.63, 3.8) is 0 Å². The molecule has 2 rings (SSSR count). The number of rotatable bonds is 2. The minimum atomic E-state index is -0.587. The van der Waals surface area contributed by atoms with Crippen molar-refractivity contribution >= 4 is 5.57 Å². The molecule has 0 aromatic heterocycles. The molecule has 0 unspecified atom stereocenters. The fourth-order valence-corrected chi connectivity index (χ4v) is 1.69. The summed E-state index contributed by atoms with van der Waals surface area (Å²) >= 11 is 0. The minimum absolute atomic E-state index is 0.0589. The molecule has 2 heteroatoms. The molecule has 0 nitrogen and oxygen atoms in total. The van der Waals surface area contributed by atoms with Crippen LogP contribution in [-0.4, -0.2) is 0 Å². The van der Waals surface area contributed by atoms with E-state index in [0.717, 1.165) is 11.1 Å². The zero-order valence-corrected chi connectivity index (χ0v) is 9.50. The van der Waals surface area contributed by atoms with Crippen molar-refractivity contribution in [3.8, 4) is 0 Å². The van der Waals surface area contributed by atoms with Crippen LogP contribution in [0, 0.1) is 18.6 Å². The Bertz CT molecular complexity index is 533. The maximum atomic E-state index is 13.6. The molecule has 17 heavy (non-hydrogen) atoms. The Balaban J connectivity index is 2.47. The fourth-order valence-electron chi connectivity index (χ4n) is 1.69. The van der Waals surface area contributed by atoms with E-state index >= 15 is 0 Å². The summed E-state index contributed by atoms with van der Waals surface area (Å²) < 4.78 is 27.1. The maximum Gasteiger partial charge on any atom is 0.133 e. The van der Waals surface area contributed by atoms with Gasteiger partial charge in [-0.15, -0.1) is 0 Å². The largest absolute Gasteiger partial charge is 0.206 e. The fraction of sp³-hybridized carbons (Fsp3) is 0.0667. The first-order chi connectivity index (χ1) is 8.09. The molecular weight excluding hydrogens is 218 g/mol. The van der Waals surface area contributed by atoms with E-state index in [1.165, 1.54) is 18.2 Å². The van der Waals surface area contributed by atoms with Crippen molar-refractivity contribution in [3.05, 3.63) is 77.4 Å². The molecule has 0 saturated carbocycles. The van der Waals surface area contributed by atoms with Crippen LogP contribution in [-0.2, 0) is 0 Å². The molecule has 0 atom stereocenters. The SMILES string of the molecule is C=C(c1ccc(C)cc1)c1c(F)cccc1F. The van der Waals surface area contributed by atoms with Crippen LogP contribution in [0.15, 0.2) is 49.0 Å². The highest BCUT2D eigenvalue weighted by atomic mass is 19.1. The van der Waals surface area contributed by atoms with E-state index in [4.69, 9.17) is 0 Å². The summed E-state index contributed by atoms with van der Waals surface area (Å²) in [5, 5.41) is 0. The Morgan fingerprint density at radius 3 is 2.00 bits per heavy atom. The second-order valence-electron chi connectivity index (χ2n) is 3.94. The van der Waals surface area contributed by atoms with Crippen LogP contribution in [0.1, 0.15) is 16.7 Å². The van der Waals surface area contributed by atoms with E-state index < -0.39 is 11.6 Å². The molecule has 0 amide bonds. The van der Waals surface area contributed by atoms with Crippen molar-refractivity contribution in [2.45, 2.75) is 6.92 Å². The van der Waals surface area contributed by atoms with Gasteiger partial charge >= 0.3 is 0 Å². The van der Waals surface area contributed by atoms with Gasteiger partial charge in [0.15, 0.2) is 0 Å². The van der Waals surface area contributed by atoms with E-state index in [1.807, 2.05) is 31.2 Å². The molecule has 2 aromatic rings. The van der Waals surface area contributed by atoms with Gasteiger partial charge in [0.1, 0.15) is 11.6 Å². The normalized spacial score (nSPS) is 10.3. The summed E-state index contributed by atoms with van der Waals surface area (Å²) in [6.45, 7) is 5.72. The number of hydrogen-bond donors (Lipinski definition) is 0. The smallest absolute Gasteiger partial charge is 0.133 e. The Morgan fingerprint density at radius 1 is 0.941 bits per heavy atom. The van der Waals surface area contributed by atoms with Gasteiger partial charge in [0.05, 0.1) is 5.56 Å². The summed E-state index contributed by atoms with van der Waals surface area (Å²) in [6, 6.07) is 11.2. The van der Waals surface area contributed by atoms with E-state index in [2.05, 4.69) is 6.58 Å². The van der Waals surface area contributed by atoms with Crippen molar-refractivity contribution in [2.75, 3.05) is 0 Å². The summed E-state index contributed by atoms with van der Waals surface area (Å²) in [4.78, 5) is 0. The summed E-state index contributed by atoms with van der Waals surface area (Å²) in [5.41, 5.74) is 2.12. The predicted molar refractivity (Wildman–Crippen MR) is 65.7 cm³/mol. The molecule has 0 aliphatic heterocycles. The zero-order valence-electron chi connectivity index (χ0n) is 9.50. The van der Waals surface area contributed by atoms with Crippen LogP contribution in [0.2, 0.25) is 0 Å². The van der Waals surface area contributed by atoms with Crippen LogP contribution in [0.5, 0.6) is 0 Å².